The number of esters is 1. The van der Waals surface area contributed by atoms with Crippen molar-refractivity contribution < 1.29 is 28.2 Å². The Bertz CT molecular complexity index is 1050. The lowest BCUT2D eigenvalue weighted by Crippen LogP contribution is -2.39. The molecule has 0 radical (unpaired) electrons. The Balaban J connectivity index is 1.74. The number of rotatable bonds is 9. The molecule has 0 spiro atoms. The molecule has 7 nitrogen and oxygen atoms in total. The molecular formula is C28H33FN2O5. The number of nitrogens with one attached hydrogen (secondary N) is 2. The lowest BCUT2D eigenvalue weighted by atomic mass is 9.95. The van der Waals surface area contributed by atoms with E-state index in [4.69, 9.17) is 9.47 Å². The maximum atomic E-state index is 15.5. The summed E-state index contributed by atoms with van der Waals surface area (Å²) in [5, 5.41) is 5.53. The Kier molecular flexibility index (Phi) is 10.0. The van der Waals surface area contributed by atoms with Crippen LogP contribution in [0.3, 0.4) is 0 Å². The van der Waals surface area contributed by atoms with E-state index < -0.39 is 29.8 Å². The minimum Gasteiger partial charge on any atom is -0.465 e. The molecule has 1 aliphatic rings. The van der Waals surface area contributed by atoms with Crippen molar-refractivity contribution in [3.05, 3.63) is 83.2 Å². The van der Waals surface area contributed by atoms with E-state index in [2.05, 4.69) is 10.6 Å². The SMILES string of the molecule is COC(=O)c1ccc(C(NC(=O)OCc2ccccc2)/C(F)=C/[C@@H](C)C(=O)NC2CCCCC2)cc1. The molecule has 1 aliphatic carbocycles. The summed E-state index contributed by atoms with van der Waals surface area (Å²) in [5.74, 6) is -2.24. The van der Waals surface area contributed by atoms with E-state index in [1.54, 1.807) is 6.92 Å². The third-order valence-corrected chi connectivity index (χ3v) is 6.19. The number of hydrogen-bond acceptors (Lipinski definition) is 5. The minimum absolute atomic E-state index is 0.0200. The van der Waals surface area contributed by atoms with E-state index in [0.717, 1.165) is 31.2 Å². The Morgan fingerprint density at radius 2 is 1.69 bits per heavy atom. The molecule has 0 bridgehead atoms. The third kappa shape index (κ3) is 7.93. The summed E-state index contributed by atoms with van der Waals surface area (Å²) in [6.45, 7) is 1.63. The number of hydrogen-bond donors (Lipinski definition) is 2. The molecule has 1 fully saturated rings. The van der Waals surface area contributed by atoms with Crippen LogP contribution in [0.1, 0.15) is 66.6 Å². The van der Waals surface area contributed by atoms with Gasteiger partial charge in [0.25, 0.3) is 0 Å². The molecule has 3 rings (SSSR count). The first-order valence-electron chi connectivity index (χ1n) is 12.2. The van der Waals surface area contributed by atoms with Gasteiger partial charge in [-0.25, -0.2) is 14.0 Å². The number of carbonyl (C=O) groups excluding carboxylic acids is 3. The number of benzene rings is 2. The zero-order chi connectivity index (χ0) is 25.9. The van der Waals surface area contributed by atoms with Crippen molar-refractivity contribution in [3.63, 3.8) is 0 Å². The van der Waals surface area contributed by atoms with Crippen molar-refractivity contribution in [3.8, 4) is 0 Å². The van der Waals surface area contributed by atoms with Gasteiger partial charge in [-0.15, -0.1) is 0 Å². The molecule has 0 aliphatic heterocycles. The van der Waals surface area contributed by atoms with Crippen molar-refractivity contribution in [1.82, 2.24) is 10.6 Å². The minimum atomic E-state index is -1.20. The molecule has 0 heterocycles. The monoisotopic (exact) mass is 496 g/mol. The second-order valence-electron chi connectivity index (χ2n) is 8.94. The molecule has 2 aromatic rings. The maximum Gasteiger partial charge on any atom is 0.408 e. The lowest BCUT2D eigenvalue weighted by molar-refractivity contribution is -0.124. The average molecular weight is 497 g/mol. The molecule has 2 amide bonds. The zero-order valence-corrected chi connectivity index (χ0v) is 20.7. The van der Waals surface area contributed by atoms with Gasteiger partial charge in [0, 0.05) is 6.04 Å². The molecule has 0 saturated heterocycles. The number of halogens is 1. The Morgan fingerprint density at radius 1 is 1.03 bits per heavy atom. The quantitative estimate of drug-likeness (QED) is 0.455. The molecule has 36 heavy (non-hydrogen) atoms. The van der Waals surface area contributed by atoms with Crippen molar-refractivity contribution in [1.29, 1.82) is 0 Å². The Morgan fingerprint density at radius 3 is 2.33 bits per heavy atom. The summed E-state index contributed by atoms with van der Waals surface area (Å²) in [5.41, 5.74) is 1.46. The van der Waals surface area contributed by atoms with Gasteiger partial charge < -0.3 is 20.1 Å². The molecule has 1 saturated carbocycles. The molecule has 2 aromatic carbocycles. The highest BCUT2D eigenvalue weighted by atomic mass is 19.1. The van der Waals surface area contributed by atoms with Gasteiger partial charge in [-0.3, -0.25) is 4.79 Å². The third-order valence-electron chi connectivity index (χ3n) is 6.19. The van der Waals surface area contributed by atoms with Crippen molar-refractivity contribution in [2.24, 2.45) is 5.92 Å². The number of alkyl carbamates (subject to hydrolysis) is 1. The summed E-state index contributed by atoms with van der Waals surface area (Å²) in [4.78, 5) is 37.0. The Labute approximate surface area is 211 Å². The second kappa shape index (κ2) is 13.4. The number of ether oxygens (including phenoxy) is 2. The van der Waals surface area contributed by atoms with Crippen molar-refractivity contribution in [2.75, 3.05) is 7.11 Å². The fraction of sp³-hybridized carbons (Fsp3) is 0.393. The molecule has 192 valence electrons. The van der Waals surface area contributed by atoms with Crippen LogP contribution >= 0.6 is 0 Å². The zero-order valence-electron chi connectivity index (χ0n) is 20.7. The fourth-order valence-corrected chi connectivity index (χ4v) is 4.11. The van der Waals surface area contributed by atoms with Crippen molar-refractivity contribution in [2.45, 2.75) is 57.7 Å². The van der Waals surface area contributed by atoms with Gasteiger partial charge in [-0.05, 0) is 49.1 Å². The molecule has 1 unspecified atom stereocenters. The summed E-state index contributed by atoms with van der Waals surface area (Å²) >= 11 is 0. The van der Waals surface area contributed by atoms with E-state index in [9.17, 15) is 14.4 Å². The van der Waals surface area contributed by atoms with Crippen LogP contribution < -0.4 is 10.6 Å². The molecular weight excluding hydrogens is 463 g/mol. The van der Waals surface area contributed by atoms with Gasteiger partial charge in [0.1, 0.15) is 18.5 Å². The van der Waals surface area contributed by atoms with E-state index in [1.165, 1.54) is 43.9 Å². The van der Waals surface area contributed by atoms with Crippen LogP contribution in [-0.4, -0.2) is 31.1 Å². The largest absolute Gasteiger partial charge is 0.465 e. The van der Waals surface area contributed by atoms with Crippen LogP contribution in [0, 0.1) is 5.92 Å². The topological polar surface area (TPSA) is 93.7 Å². The average Bonchev–Trinajstić information content (AvgIpc) is 2.91. The van der Waals surface area contributed by atoms with E-state index in [0.29, 0.717) is 5.56 Å². The fourth-order valence-electron chi connectivity index (χ4n) is 4.11. The van der Waals surface area contributed by atoms with Gasteiger partial charge in [-0.2, -0.15) is 0 Å². The normalized spacial score (nSPS) is 15.9. The summed E-state index contributed by atoms with van der Waals surface area (Å²) < 4.78 is 25.5. The van der Waals surface area contributed by atoms with Gasteiger partial charge in [-0.1, -0.05) is 61.7 Å². The predicted molar refractivity (Wildman–Crippen MR) is 134 cm³/mol. The van der Waals surface area contributed by atoms with Crippen molar-refractivity contribution >= 4 is 18.0 Å². The number of methoxy groups -OCH3 is 1. The van der Waals surface area contributed by atoms with Gasteiger partial charge in [0.2, 0.25) is 5.91 Å². The highest BCUT2D eigenvalue weighted by Crippen LogP contribution is 2.26. The summed E-state index contributed by atoms with van der Waals surface area (Å²) in [7, 11) is 1.27. The van der Waals surface area contributed by atoms with Crippen LogP contribution in [0.2, 0.25) is 0 Å². The first kappa shape index (κ1) is 26.9. The first-order chi connectivity index (χ1) is 17.4. The molecule has 8 heteroatoms. The first-order valence-corrected chi connectivity index (χ1v) is 12.2. The highest BCUT2D eigenvalue weighted by Gasteiger charge is 2.24. The molecule has 0 aromatic heterocycles. The van der Waals surface area contributed by atoms with E-state index in [-0.39, 0.29) is 24.1 Å². The van der Waals surface area contributed by atoms with Crippen LogP contribution in [-0.2, 0) is 20.9 Å². The van der Waals surface area contributed by atoms with E-state index >= 15 is 4.39 Å². The van der Waals surface area contributed by atoms with Gasteiger partial charge >= 0.3 is 12.1 Å². The highest BCUT2D eigenvalue weighted by molar-refractivity contribution is 5.89. The second-order valence-corrected chi connectivity index (χ2v) is 8.94. The standard InChI is InChI=1S/C28H33FN2O5/c1-19(26(32)30-23-11-7-4-8-12-23)17-24(29)25(21-13-15-22(16-14-21)27(33)35-2)31-28(34)36-18-20-9-5-3-6-10-20/h3,5-6,9-10,13-17,19,23,25H,4,7-8,11-12,18H2,1-2H3,(H,30,32)(H,31,34)/b24-17-/t19-,25?/m1/s1. The van der Waals surface area contributed by atoms with Crippen LogP contribution in [0.4, 0.5) is 9.18 Å². The summed E-state index contributed by atoms with van der Waals surface area (Å²) in [6.07, 6.45) is 5.55. The molecule has 2 N–H and O–H groups in total. The predicted octanol–water partition coefficient (Wildman–Crippen LogP) is 5.38. The number of carbonyl (C=O) groups is 3. The lowest BCUT2D eigenvalue weighted by Gasteiger charge is -2.24. The van der Waals surface area contributed by atoms with Gasteiger partial charge in [0.05, 0.1) is 18.6 Å². The van der Waals surface area contributed by atoms with E-state index in [1.807, 2.05) is 30.3 Å². The smallest absolute Gasteiger partial charge is 0.408 e. The van der Waals surface area contributed by atoms with Gasteiger partial charge in [0.15, 0.2) is 0 Å². The number of amides is 2. The summed E-state index contributed by atoms with van der Waals surface area (Å²) in [6, 6.07) is 14.0. The van der Waals surface area contributed by atoms with Crippen LogP contribution in [0.15, 0.2) is 66.5 Å². The molecule has 2 atom stereocenters. The van der Waals surface area contributed by atoms with Crippen LogP contribution in [0.5, 0.6) is 0 Å². The maximum absolute atomic E-state index is 15.5. The van der Waals surface area contributed by atoms with Crippen LogP contribution in [0.25, 0.3) is 0 Å². The Hall–Kier alpha value is -3.68.